The van der Waals surface area contributed by atoms with E-state index in [9.17, 15) is 10.1 Å². The number of hydrogen-bond acceptors (Lipinski definition) is 5. The zero-order chi connectivity index (χ0) is 14.0. The predicted octanol–water partition coefficient (Wildman–Crippen LogP) is 1.63. The van der Waals surface area contributed by atoms with Gasteiger partial charge in [0.2, 0.25) is 0 Å². The molecule has 1 saturated carbocycles. The number of nitriles is 1. The van der Waals surface area contributed by atoms with Crippen LogP contribution in [0, 0.1) is 31.1 Å². The van der Waals surface area contributed by atoms with Crippen molar-refractivity contribution in [3.63, 3.8) is 0 Å². The summed E-state index contributed by atoms with van der Waals surface area (Å²) in [5.74, 6) is -0.597. The van der Waals surface area contributed by atoms with E-state index in [2.05, 4.69) is 21.6 Å². The van der Waals surface area contributed by atoms with Crippen molar-refractivity contribution in [1.82, 2.24) is 10.2 Å². The molecule has 0 saturated heterocycles. The first kappa shape index (κ1) is 13.3. The first-order valence-corrected chi connectivity index (χ1v) is 6.26. The molecule has 0 unspecified atom stereocenters. The Kier molecular flexibility index (Phi) is 3.65. The standard InChI is InChI=1S/C13H16N4O2/c1-7-8(2)16-17-12(11(7)6-14)15-10-4-3-9(5-10)13(18)19/h9-10H,3-5H2,1-2H3,(H,15,17)(H,18,19)/t9-,10+/m1/s1. The average molecular weight is 260 g/mol. The summed E-state index contributed by atoms with van der Waals surface area (Å²) in [6.07, 6.45) is 2.00. The summed E-state index contributed by atoms with van der Waals surface area (Å²) >= 11 is 0. The van der Waals surface area contributed by atoms with E-state index in [1.807, 2.05) is 13.8 Å². The maximum absolute atomic E-state index is 10.9. The fourth-order valence-electron chi connectivity index (χ4n) is 2.38. The summed E-state index contributed by atoms with van der Waals surface area (Å²) in [6.45, 7) is 3.64. The summed E-state index contributed by atoms with van der Waals surface area (Å²) in [6, 6.07) is 2.18. The van der Waals surface area contributed by atoms with Crippen LogP contribution < -0.4 is 5.32 Å². The molecule has 1 aromatic heterocycles. The summed E-state index contributed by atoms with van der Waals surface area (Å²) in [4.78, 5) is 10.9. The molecule has 2 atom stereocenters. The van der Waals surface area contributed by atoms with E-state index in [1.165, 1.54) is 0 Å². The quantitative estimate of drug-likeness (QED) is 0.857. The van der Waals surface area contributed by atoms with Gasteiger partial charge in [-0.05, 0) is 38.7 Å². The first-order chi connectivity index (χ1) is 9.02. The number of hydrogen-bond donors (Lipinski definition) is 2. The van der Waals surface area contributed by atoms with Gasteiger partial charge in [-0.2, -0.15) is 10.4 Å². The maximum Gasteiger partial charge on any atom is 0.306 e. The molecule has 0 radical (unpaired) electrons. The lowest BCUT2D eigenvalue weighted by Gasteiger charge is -2.15. The van der Waals surface area contributed by atoms with E-state index in [4.69, 9.17) is 5.11 Å². The highest BCUT2D eigenvalue weighted by Crippen LogP contribution is 2.29. The van der Waals surface area contributed by atoms with Crippen molar-refractivity contribution in [3.8, 4) is 6.07 Å². The van der Waals surface area contributed by atoms with Crippen LogP contribution in [0.15, 0.2) is 0 Å². The van der Waals surface area contributed by atoms with E-state index in [1.54, 1.807) is 0 Å². The van der Waals surface area contributed by atoms with E-state index in [-0.39, 0.29) is 12.0 Å². The van der Waals surface area contributed by atoms with Gasteiger partial charge < -0.3 is 10.4 Å². The first-order valence-electron chi connectivity index (χ1n) is 6.26. The number of carbonyl (C=O) groups is 1. The van der Waals surface area contributed by atoms with Gasteiger partial charge in [-0.25, -0.2) is 0 Å². The molecule has 2 N–H and O–H groups in total. The van der Waals surface area contributed by atoms with Gasteiger partial charge in [-0.3, -0.25) is 4.79 Å². The van der Waals surface area contributed by atoms with Gasteiger partial charge in [-0.15, -0.1) is 5.10 Å². The normalized spacial score (nSPS) is 21.9. The third-order valence-electron chi connectivity index (χ3n) is 3.69. The van der Waals surface area contributed by atoms with Gasteiger partial charge >= 0.3 is 5.97 Å². The lowest BCUT2D eigenvalue weighted by molar-refractivity contribution is -0.141. The topological polar surface area (TPSA) is 98.9 Å². The molecule has 0 aliphatic heterocycles. The van der Waals surface area contributed by atoms with Crippen LogP contribution in [0.1, 0.15) is 36.1 Å². The van der Waals surface area contributed by atoms with Crippen LogP contribution in [0.2, 0.25) is 0 Å². The fourth-order valence-corrected chi connectivity index (χ4v) is 2.38. The molecule has 0 amide bonds. The SMILES string of the molecule is Cc1nnc(N[C@H]2CC[C@@H](C(=O)O)C2)c(C#N)c1C. The Morgan fingerprint density at radius 3 is 2.74 bits per heavy atom. The highest BCUT2D eigenvalue weighted by molar-refractivity contribution is 5.70. The Balaban J connectivity index is 2.15. The van der Waals surface area contributed by atoms with Crippen LogP contribution in [0.25, 0.3) is 0 Å². The third kappa shape index (κ3) is 2.65. The number of aryl methyl sites for hydroxylation is 1. The zero-order valence-electron chi connectivity index (χ0n) is 11.0. The monoisotopic (exact) mass is 260 g/mol. The number of aromatic nitrogens is 2. The summed E-state index contributed by atoms with van der Waals surface area (Å²) in [5.41, 5.74) is 2.04. The third-order valence-corrected chi connectivity index (χ3v) is 3.69. The van der Waals surface area contributed by atoms with Crippen LogP contribution in [-0.4, -0.2) is 27.3 Å². The Labute approximate surface area is 111 Å². The van der Waals surface area contributed by atoms with Crippen LogP contribution in [0.3, 0.4) is 0 Å². The van der Waals surface area contributed by atoms with Gasteiger partial charge in [0.05, 0.1) is 11.6 Å². The Morgan fingerprint density at radius 2 is 2.16 bits per heavy atom. The molecule has 1 heterocycles. The van der Waals surface area contributed by atoms with Crippen LogP contribution in [0.5, 0.6) is 0 Å². The summed E-state index contributed by atoms with van der Waals surface area (Å²) < 4.78 is 0. The Morgan fingerprint density at radius 1 is 1.42 bits per heavy atom. The number of aliphatic carboxylic acids is 1. The van der Waals surface area contributed by atoms with E-state index in [0.717, 1.165) is 17.7 Å². The van der Waals surface area contributed by atoms with Crippen LogP contribution >= 0.6 is 0 Å². The summed E-state index contributed by atoms with van der Waals surface area (Å²) in [7, 11) is 0. The van der Waals surface area contributed by atoms with Gasteiger partial charge in [0.1, 0.15) is 11.6 Å². The minimum absolute atomic E-state index is 0.0459. The van der Waals surface area contributed by atoms with Crippen molar-refractivity contribution in [2.24, 2.45) is 5.92 Å². The average Bonchev–Trinajstić information content (AvgIpc) is 2.83. The second-order valence-electron chi connectivity index (χ2n) is 4.94. The van der Waals surface area contributed by atoms with Crippen molar-refractivity contribution >= 4 is 11.8 Å². The van der Waals surface area contributed by atoms with Crippen LogP contribution in [-0.2, 0) is 4.79 Å². The maximum atomic E-state index is 10.9. The summed E-state index contributed by atoms with van der Waals surface area (Å²) in [5, 5.41) is 29.3. The van der Waals surface area contributed by atoms with Crippen molar-refractivity contribution in [2.45, 2.75) is 39.2 Å². The highest BCUT2D eigenvalue weighted by Gasteiger charge is 2.30. The molecule has 100 valence electrons. The molecule has 1 aromatic rings. The van der Waals surface area contributed by atoms with Crippen LogP contribution in [0.4, 0.5) is 5.82 Å². The molecule has 6 heteroatoms. The van der Waals surface area contributed by atoms with E-state index < -0.39 is 5.97 Å². The molecule has 1 fully saturated rings. The van der Waals surface area contributed by atoms with Gasteiger partial charge in [0, 0.05) is 6.04 Å². The lowest BCUT2D eigenvalue weighted by atomic mass is 10.1. The van der Waals surface area contributed by atoms with E-state index >= 15 is 0 Å². The number of nitrogens with one attached hydrogen (secondary N) is 1. The molecule has 0 aromatic carbocycles. The molecule has 6 nitrogen and oxygen atoms in total. The number of carboxylic acids is 1. The van der Waals surface area contributed by atoms with Crippen molar-refractivity contribution in [3.05, 3.63) is 16.8 Å². The lowest BCUT2D eigenvalue weighted by Crippen LogP contribution is -2.20. The smallest absolute Gasteiger partial charge is 0.306 e. The molecule has 0 spiro atoms. The molecule has 2 rings (SSSR count). The minimum atomic E-state index is -0.754. The molecule has 19 heavy (non-hydrogen) atoms. The number of nitrogens with zero attached hydrogens (tertiary/aromatic N) is 3. The number of anilines is 1. The molecular formula is C13H16N4O2. The Bertz CT molecular complexity index is 550. The zero-order valence-corrected chi connectivity index (χ0v) is 11.0. The fraction of sp³-hybridized carbons (Fsp3) is 0.538. The van der Waals surface area contributed by atoms with Gasteiger partial charge in [-0.1, -0.05) is 0 Å². The molecule has 1 aliphatic carbocycles. The second-order valence-corrected chi connectivity index (χ2v) is 4.94. The molecular weight excluding hydrogens is 244 g/mol. The number of carboxylic acid groups (broad SMARTS) is 1. The largest absolute Gasteiger partial charge is 0.481 e. The minimum Gasteiger partial charge on any atom is -0.481 e. The second kappa shape index (κ2) is 5.22. The predicted molar refractivity (Wildman–Crippen MR) is 68.6 cm³/mol. The van der Waals surface area contributed by atoms with Gasteiger partial charge in [0.25, 0.3) is 0 Å². The van der Waals surface area contributed by atoms with Crippen molar-refractivity contribution < 1.29 is 9.90 Å². The van der Waals surface area contributed by atoms with E-state index in [0.29, 0.717) is 24.2 Å². The van der Waals surface area contributed by atoms with Gasteiger partial charge in [0.15, 0.2) is 5.82 Å². The van der Waals surface area contributed by atoms with Crippen molar-refractivity contribution in [2.75, 3.05) is 5.32 Å². The number of rotatable bonds is 3. The van der Waals surface area contributed by atoms with Crippen molar-refractivity contribution in [1.29, 1.82) is 5.26 Å². The Hall–Kier alpha value is -2.16. The molecule has 1 aliphatic rings. The molecule has 0 bridgehead atoms. The highest BCUT2D eigenvalue weighted by atomic mass is 16.4.